The van der Waals surface area contributed by atoms with Crippen LogP contribution in [0, 0.1) is 17.8 Å². The monoisotopic (exact) mass is 238 g/mol. The molecule has 0 saturated heterocycles. The first kappa shape index (κ1) is 16.0. The third-order valence-corrected chi connectivity index (χ3v) is 2.66. The van der Waals surface area contributed by atoms with Gasteiger partial charge in [0.05, 0.1) is 0 Å². The Kier molecular flexibility index (Phi) is 10.9. The molecule has 2 heteroatoms. The zero-order valence-corrected chi connectivity index (χ0v) is 11.3. The molecule has 0 amide bonds. The minimum absolute atomic E-state index is 0.314. The highest BCUT2D eigenvalue weighted by Gasteiger charge is 1.95. The van der Waals surface area contributed by atoms with Gasteiger partial charge >= 0.3 is 5.97 Å². The predicted octanol–water partition coefficient (Wildman–Crippen LogP) is 4.24. The smallest absolute Gasteiger partial charge is 0.303 e. The summed E-state index contributed by atoms with van der Waals surface area (Å²) >= 11 is 0. The highest BCUT2D eigenvalue weighted by molar-refractivity contribution is 5.66. The molecule has 0 fully saturated rings. The second-order valence-corrected chi connectivity index (χ2v) is 4.95. The largest absolute Gasteiger partial charge is 0.481 e. The van der Waals surface area contributed by atoms with Crippen LogP contribution in [0.15, 0.2) is 0 Å². The number of carboxylic acid groups (broad SMARTS) is 1. The van der Waals surface area contributed by atoms with E-state index in [1.165, 1.54) is 12.8 Å². The first-order valence-electron chi connectivity index (χ1n) is 6.80. The number of hydrogen-bond acceptors (Lipinski definition) is 1. The van der Waals surface area contributed by atoms with Crippen molar-refractivity contribution in [2.75, 3.05) is 0 Å². The number of carboxylic acids is 1. The molecule has 0 aliphatic carbocycles. The molecule has 0 spiro atoms. The van der Waals surface area contributed by atoms with Crippen LogP contribution in [-0.4, -0.2) is 11.1 Å². The maximum atomic E-state index is 10.3. The Hall–Kier alpha value is -0.970. The van der Waals surface area contributed by atoms with Gasteiger partial charge in [0.1, 0.15) is 0 Å². The van der Waals surface area contributed by atoms with E-state index in [4.69, 9.17) is 5.11 Å². The minimum atomic E-state index is -0.680. The van der Waals surface area contributed by atoms with Crippen LogP contribution in [0.2, 0.25) is 0 Å². The van der Waals surface area contributed by atoms with Crippen molar-refractivity contribution in [1.29, 1.82) is 0 Å². The van der Waals surface area contributed by atoms with E-state index in [-0.39, 0.29) is 0 Å². The van der Waals surface area contributed by atoms with Gasteiger partial charge in [-0.25, -0.2) is 0 Å². The normalized spacial score (nSPS) is 10.1. The standard InChI is InChI=1S/C15H26O2/c1-14(2)12-10-8-6-4-3-5-7-9-11-13-15(16)17/h14H,3-5,7,9-13H2,1-2H3,(H,16,17). The number of rotatable bonds is 9. The van der Waals surface area contributed by atoms with Crippen LogP contribution in [0.4, 0.5) is 0 Å². The Morgan fingerprint density at radius 1 is 1.00 bits per heavy atom. The Morgan fingerprint density at radius 3 is 2.24 bits per heavy atom. The van der Waals surface area contributed by atoms with Gasteiger partial charge < -0.3 is 5.11 Å². The molecule has 2 nitrogen and oxygen atoms in total. The van der Waals surface area contributed by atoms with E-state index in [1.54, 1.807) is 0 Å². The summed E-state index contributed by atoms with van der Waals surface area (Å²) in [5, 5.41) is 8.46. The van der Waals surface area contributed by atoms with E-state index in [2.05, 4.69) is 25.7 Å². The third-order valence-electron chi connectivity index (χ3n) is 2.66. The van der Waals surface area contributed by atoms with Crippen molar-refractivity contribution in [2.45, 2.75) is 71.6 Å². The van der Waals surface area contributed by atoms with Gasteiger partial charge in [0, 0.05) is 19.3 Å². The third kappa shape index (κ3) is 15.0. The first-order chi connectivity index (χ1) is 8.13. The van der Waals surface area contributed by atoms with Crippen LogP contribution < -0.4 is 0 Å². The molecule has 0 heterocycles. The molecule has 17 heavy (non-hydrogen) atoms. The number of carbonyl (C=O) groups is 1. The van der Waals surface area contributed by atoms with Crippen molar-refractivity contribution in [3.05, 3.63) is 0 Å². The summed E-state index contributed by atoms with van der Waals surface area (Å²) in [4.78, 5) is 10.3. The Bertz CT molecular complexity index is 245. The highest BCUT2D eigenvalue weighted by Crippen LogP contribution is 2.07. The molecule has 1 N–H and O–H groups in total. The van der Waals surface area contributed by atoms with Gasteiger partial charge in [-0.15, -0.1) is 11.8 Å². The number of unbranched alkanes of at least 4 members (excludes halogenated alkanes) is 5. The van der Waals surface area contributed by atoms with Crippen molar-refractivity contribution in [3.63, 3.8) is 0 Å². The van der Waals surface area contributed by atoms with Gasteiger partial charge in [-0.3, -0.25) is 4.79 Å². The number of aliphatic carboxylic acids is 1. The fourth-order valence-electron chi connectivity index (χ4n) is 1.56. The second kappa shape index (κ2) is 11.5. The molecule has 0 aromatic rings. The fourth-order valence-corrected chi connectivity index (χ4v) is 1.56. The lowest BCUT2D eigenvalue weighted by Gasteiger charge is -1.98. The van der Waals surface area contributed by atoms with Gasteiger partial charge in [0.15, 0.2) is 0 Å². The summed E-state index contributed by atoms with van der Waals surface area (Å²) in [5.74, 6) is 6.48. The lowest BCUT2D eigenvalue weighted by molar-refractivity contribution is -0.137. The highest BCUT2D eigenvalue weighted by atomic mass is 16.4. The molecule has 0 aromatic carbocycles. The van der Waals surface area contributed by atoms with Crippen molar-refractivity contribution in [3.8, 4) is 11.8 Å². The summed E-state index contributed by atoms with van der Waals surface area (Å²) in [6.07, 6.45) is 8.86. The van der Waals surface area contributed by atoms with E-state index >= 15 is 0 Å². The second-order valence-electron chi connectivity index (χ2n) is 4.95. The minimum Gasteiger partial charge on any atom is -0.481 e. The fraction of sp³-hybridized carbons (Fsp3) is 0.800. The molecule has 0 atom stereocenters. The van der Waals surface area contributed by atoms with Crippen molar-refractivity contribution in [2.24, 2.45) is 5.92 Å². The van der Waals surface area contributed by atoms with Gasteiger partial charge in [-0.1, -0.05) is 33.1 Å². The van der Waals surface area contributed by atoms with Crippen LogP contribution in [0.5, 0.6) is 0 Å². The summed E-state index contributed by atoms with van der Waals surface area (Å²) in [7, 11) is 0. The molecular weight excluding hydrogens is 212 g/mol. The van der Waals surface area contributed by atoms with E-state index in [0.717, 1.165) is 44.4 Å². The Balaban J connectivity index is 3.15. The average Bonchev–Trinajstić information content (AvgIpc) is 2.25. The molecule has 98 valence electrons. The zero-order valence-electron chi connectivity index (χ0n) is 11.3. The van der Waals surface area contributed by atoms with Crippen LogP contribution in [0.3, 0.4) is 0 Å². The van der Waals surface area contributed by atoms with Crippen LogP contribution in [0.1, 0.15) is 71.6 Å². The van der Waals surface area contributed by atoms with Gasteiger partial charge in [0.2, 0.25) is 0 Å². The summed E-state index contributed by atoms with van der Waals surface area (Å²) in [6.45, 7) is 4.44. The average molecular weight is 238 g/mol. The topological polar surface area (TPSA) is 37.3 Å². The summed E-state index contributed by atoms with van der Waals surface area (Å²) in [6, 6.07) is 0. The van der Waals surface area contributed by atoms with E-state index < -0.39 is 5.97 Å². The molecule has 0 aromatic heterocycles. The number of hydrogen-bond donors (Lipinski definition) is 1. The van der Waals surface area contributed by atoms with Crippen molar-refractivity contribution >= 4 is 5.97 Å². The SMILES string of the molecule is CC(C)CCC#CCCCCCCCC(=O)O. The van der Waals surface area contributed by atoms with Gasteiger partial charge in [0.25, 0.3) is 0 Å². The quantitative estimate of drug-likeness (QED) is 0.482. The lowest BCUT2D eigenvalue weighted by atomic mass is 10.1. The van der Waals surface area contributed by atoms with Crippen molar-refractivity contribution < 1.29 is 9.90 Å². The maximum Gasteiger partial charge on any atom is 0.303 e. The molecular formula is C15H26O2. The molecule has 0 unspecified atom stereocenters. The van der Waals surface area contributed by atoms with E-state index in [0.29, 0.717) is 6.42 Å². The summed E-state index contributed by atoms with van der Waals surface area (Å²) in [5.41, 5.74) is 0. The summed E-state index contributed by atoms with van der Waals surface area (Å²) < 4.78 is 0. The van der Waals surface area contributed by atoms with Crippen molar-refractivity contribution in [1.82, 2.24) is 0 Å². The molecule has 0 aliphatic heterocycles. The lowest BCUT2D eigenvalue weighted by Crippen LogP contribution is -1.93. The maximum absolute atomic E-state index is 10.3. The molecule has 0 saturated carbocycles. The van der Waals surface area contributed by atoms with Gasteiger partial charge in [-0.2, -0.15) is 0 Å². The van der Waals surface area contributed by atoms with Crippen LogP contribution in [-0.2, 0) is 4.79 Å². The predicted molar refractivity (Wildman–Crippen MR) is 71.8 cm³/mol. The van der Waals surface area contributed by atoms with Gasteiger partial charge in [-0.05, 0) is 25.2 Å². The van der Waals surface area contributed by atoms with Crippen LogP contribution >= 0.6 is 0 Å². The molecule has 0 rings (SSSR count). The Morgan fingerprint density at radius 2 is 1.59 bits per heavy atom. The Labute approximate surface area is 106 Å². The zero-order chi connectivity index (χ0) is 12.9. The van der Waals surface area contributed by atoms with E-state index in [1.807, 2.05) is 0 Å². The molecule has 0 bridgehead atoms. The first-order valence-corrected chi connectivity index (χ1v) is 6.80. The van der Waals surface area contributed by atoms with Crippen LogP contribution in [0.25, 0.3) is 0 Å². The van der Waals surface area contributed by atoms with E-state index in [9.17, 15) is 4.79 Å². The molecule has 0 aliphatic rings. The molecule has 0 radical (unpaired) electrons.